The van der Waals surface area contributed by atoms with Crippen molar-refractivity contribution < 1.29 is 23.6 Å². The second-order valence-corrected chi connectivity index (χ2v) is 6.98. The SMILES string of the molecule is O=C(Cc1ccc2c(c1)OCCO2)N/N=C\c1ccc(-c2ccc(Cl)c([N+](=O)[O-])c2)o1. The fourth-order valence-electron chi connectivity index (χ4n) is 2.97. The summed E-state index contributed by atoms with van der Waals surface area (Å²) in [5.41, 5.74) is 3.48. The van der Waals surface area contributed by atoms with Crippen LogP contribution >= 0.6 is 11.6 Å². The number of amides is 1. The average Bonchev–Trinajstić information content (AvgIpc) is 3.22. The molecule has 0 atom stereocenters. The van der Waals surface area contributed by atoms with E-state index in [-0.39, 0.29) is 23.0 Å². The zero-order valence-electron chi connectivity index (χ0n) is 16.0. The molecule has 0 aliphatic carbocycles. The molecule has 0 saturated carbocycles. The molecule has 3 aromatic rings. The van der Waals surface area contributed by atoms with E-state index >= 15 is 0 Å². The van der Waals surface area contributed by atoms with Crippen LogP contribution in [-0.2, 0) is 11.2 Å². The van der Waals surface area contributed by atoms with Gasteiger partial charge in [-0.1, -0.05) is 17.7 Å². The molecule has 2 aromatic carbocycles. The van der Waals surface area contributed by atoms with E-state index in [0.29, 0.717) is 41.8 Å². The number of hydrogen-bond acceptors (Lipinski definition) is 7. The van der Waals surface area contributed by atoms with Crippen molar-refractivity contribution in [2.45, 2.75) is 6.42 Å². The van der Waals surface area contributed by atoms with Crippen molar-refractivity contribution in [3.05, 3.63) is 75.0 Å². The second-order valence-electron chi connectivity index (χ2n) is 6.57. The van der Waals surface area contributed by atoms with Crippen molar-refractivity contribution in [1.29, 1.82) is 0 Å². The third-order valence-electron chi connectivity index (χ3n) is 4.41. The Morgan fingerprint density at radius 1 is 1.13 bits per heavy atom. The van der Waals surface area contributed by atoms with Gasteiger partial charge in [-0.15, -0.1) is 0 Å². The standard InChI is InChI=1S/C21H16ClN3O6/c22-16-4-2-14(11-17(16)25(27)28)18-6-3-15(31-18)12-23-24-21(26)10-13-1-5-19-20(9-13)30-8-7-29-19/h1-6,9,11-12H,7-8,10H2,(H,24,26)/b23-12-. The van der Waals surface area contributed by atoms with Gasteiger partial charge in [-0.3, -0.25) is 14.9 Å². The van der Waals surface area contributed by atoms with E-state index in [1.165, 1.54) is 18.3 Å². The lowest BCUT2D eigenvalue weighted by Gasteiger charge is -2.18. The van der Waals surface area contributed by atoms with Crippen LogP contribution in [0.1, 0.15) is 11.3 Å². The van der Waals surface area contributed by atoms with Gasteiger partial charge in [-0.2, -0.15) is 5.10 Å². The average molecular weight is 442 g/mol. The van der Waals surface area contributed by atoms with Crippen molar-refractivity contribution >= 4 is 29.4 Å². The number of hydrogen-bond donors (Lipinski definition) is 1. The number of halogens is 1. The summed E-state index contributed by atoms with van der Waals surface area (Å²) in [5, 5.41) is 15.0. The Morgan fingerprint density at radius 3 is 2.74 bits per heavy atom. The normalized spacial score (nSPS) is 12.7. The zero-order chi connectivity index (χ0) is 21.8. The Hall–Kier alpha value is -3.85. The number of ether oxygens (including phenoxy) is 2. The molecule has 1 aliphatic rings. The third kappa shape index (κ3) is 4.84. The van der Waals surface area contributed by atoms with Gasteiger partial charge in [0.25, 0.3) is 5.69 Å². The summed E-state index contributed by atoms with van der Waals surface area (Å²) < 4.78 is 16.6. The number of carbonyl (C=O) groups excluding carboxylic acids is 1. The first-order valence-electron chi connectivity index (χ1n) is 9.24. The van der Waals surface area contributed by atoms with Gasteiger partial charge in [-0.25, -0.2) is 5.43 Å². The van der Waals surface area contributed by atoms with E-state index in [2.05, 4.69) is 10.5 Å². The molecule has 0 saturated heterocycles. The van der Waals surface area contributed by atoms with Crippen molar-refractivity contribution in [2.24, 2.45) is 5.10 Å². The molecule has 1 aliphatic heterocycles. The summed E-state index contributed by atoms with van der Waals surface area (Å²) in [7, 11) is 0. The molecule has 4 rings (SSSR count). The number of hydrazone groups is 1. The van der Waals surface area contributed by atoms with Crippen LogP contribution in [0.3, 0.4) is 0 Å². The molecule has 0 unspecified atom stereocenters. The number of fused-ring (bicyclic) bond motifs is 1. The number of nitrogens with zero attached hydrogens (tertiary/aromatic N) is 2. The number of rotatable bonds is 6. The monoisotopic (exact) mass is 441 g/mol. The maximum Gasteiger partial charge on any atom is 0.288 e. The largest absolute Gasteiger partial charge is 0.486 e. The van der Waals surface area contributed by atoms with Crippen molar-refractivity contribution in [2.75, 3.05) is 13.2 Å². The van der Waals surface area contributed by atoms with Gasteiger partial charge in [0.1, 0.15) is 29.8 Å². The lowest BCUT2D eigenvalue weighted by Crippen LogP contribution is -2.20. The Balaban J connectivity index is 1.37. The number of nitro groups is 1. The van der Waals surface area contributed by atoms with Crippen LogP contribution in [0.5, 0.6) is 11.5 Å². The van der Waals surface area contributed by atoms with Gasteiger partial charge < -0.3 is 13.9 Å². The minimum absolute atomic E-state index is 0.0443. The molecule has 2 heterocycles. The quantitative estimate of drug-likeness (QED) is 0.351. The predicted octanol–water partition coefficient (Wildman–Crippen LogP) is 3.97. The molecule has 0 bridgehead atoms. The Morgan fingerprint density at radius 2 is 1.94 bits per heavy atom. The molecule has 158 valence electrons. The van der Waals surface area contributed by atoms with Crippen LogP contribution < -0.4 is 14.9 Å². The minimum atomic E-state index is -0.561. The van der Waals surface area contributed by atoms with Gasteiger partial charge in [-0.05, 0) is 42.0 Å². The summed E-state index contributed by atoms with van der Waals surface area (Å²) in [5.74, 6) is 1.74. The highest BCUT2D eigenvalue weighted by Gasteiger charge is 2.15. The fourth-order valence-corrected chi connectivity index (χ4v) is 3.16. The van der Waals surface area contributed by atoms with E-state index in [1.807, 2.05) is 0 Å². The van der Waals surface area contributed by atoms with E-state index in [1.54, 1.807) is 36.4 Å². The molecular formula is C21H16ClN3O6. The molecule has 1 amide bonds. The number of furan rings is 1. The van der Waals surface area contributed by atoms with E-state index in [9.17, 15) is 14.9 Å². The number of carbonyl (C=O) groups is 1. The van der Waals surface area contributed by atoms with E-state index < -0.39 is 4.92 Å². The first-order chi connectivity index (χ1) is 15.0. The molecule has 31 heavy (non-hydrogen) atoms. The molecule has 10 heteroatoms. The number of nitrogens with one attached hydrogen (secondary N) is 1. The second kappa shape index (κ2) is 8.88. The van der Waals surface area contributed by atoms with Crippen molar-refractivity contribution in [3.63, 3.8) is 0 Å². The van der Waals surface area contributed by atoms with Gasteiger partial charge >= 0.3 is 0 Å². The van der Waals surface area contributed by atoms with Crippen LogP contribution in [-0.4, -0.2) is 30.3 Å². The van der Waals surface area contributed by atoms with Gasteiger partial charge in [0, 0.05) is 11.6 Å². The molecule has 1 N–H and O–H groups in total. The molecule has 0 radical (unpaired) electrons. The highest BCUT2D eigenvalue weighted by molar-refractivity contribution is 6.32. The topological polar surface area (TPSA) is 116 Å². The predicted molar refractivity (Wildman–Crippen MR) is 113 cm³/mol. The van der Waals surface area contributed by atoms with Gasteiger partial charge in [0.2, 0.25) is 5.91 Å². The van der Waals surface area contributed by atoms with Crippen LogP contribution in [0.2, 0.25) is 5.02 Å². The molecule has 1 aromatic heterocycles. The van der Waals surface area contributed by atoms with Gasteiger partial charge in [0.15, 0.2) is 11.5 Å². The Labute approximate surface area is 181 Å². The molecule has 0 fully saturated rings. The summed E-state index contributed by atoms with van der Waals surface area (Å²) in [6.07, 6.45) is 1.46. The Kier molecular flexibility index (Phi) is 5.85. The first kappa shape index (κ1) is 20.4. The van der Waals surface area contributed by atoms with Crippen LogP contribution in [0, 0.1) is 10.1 Å². The van der Waals surface area contributed by atoms with Crippen molar-refractivity contribution in [1.82, 2.24) is 5.43 Å². The van der Waals surface area contributed by atoms with E-state index in [4.69, 9.17) is 25.5 Å². The maximum atomic E-state index is 12.1. The van der Waals surface area contributed by atoms with Crippen LogP contribution in [0.15, 0.2) is 58.0 Å². The first-order valence-corrected chi connectivity index (χ1v) is 9.62. The zero-order valence-corrected chi connectivity index (χ0v) is 16.8. The lowest BCUT2D eigenvalue weighted by molar-refractivity contribution is -0.384. The molecular weight excluding hydrogens is 426 g/mol. The summed E-state index contributed by atoms with van der Waals surface area (Å²) in [4.78, 5) is 22.6. The van der Waals surface area contributed by atoms with Crippen LogP contribution in [0.25, 0.3) is 11.3 Å². The highest BCUT2D eigenvalue weighted by atomic mass is 35.5. The smallest absolute Gasteiger partial charge is 0.288 e. The van der Waals surface area contributed by atoms with Crippen LogP contribution in [0.4, 0.5) is 5.69 Å². The number of nitro benzene ring substituents is 1. The van der Waals surface area contributed by atoms with E-state index in [0.717, 1.165) is 5.56 Å². The Bertz CT molecular complexity index is 1170. The minimum Gasteiger partial charge on any atom is -0.486 e. The summed E-state index contributed by atoms with van der Waals surface area (Å²) in [6.45, 7) is 0.979. The van der Waals surface area contributed by atoms with Crippen molar-refractivity contribution in [3.8, 4) is 22.8 Å². The summed E-state index contributed by atoms with van der Waals surface area (Å²) in [6, 6.07) is 13.0. The fraction of sp³-hybridized carbons (Fsp3) is 0.143. The molecule has 0 spiro atoms. The highest BCUT2D eigenvalue weighted by Crippen LogP contribution is 2.32. The summed E-state index contributed by atoms with van der Waals surface area (Å²) >= 11 is 5.83. The maximum absolute atomic E-state index is 12.1. The lowest BCUT2D eigenvalue weighted by atomic mass is 10.1. The molecule has 9 nitrogen and oxygen atoms in total. The number of benzene rings is 2. The third-order valence-corrected chi connectivity index (χ3v) is 4.73. The van der Waals surface area contributed by atoms with Gasteiger partial charge in [0.05, 0.1) is 17.6 Å².